The zero-order chi connectivity index (χ0) is 24.8. The molecule has 184 valence electrons. The number of carbonyl (C=O) groups is 1. The second-order valence-electron chi connectivity index (χ2n) is 8.60. The van der Waals surface area contributed by atoms with E-state index in [9.17, 15) is 13.2 Å². The van der Waals surface area contributed by atoms with E-state index in [0.717, 1.165) is 42.0 Å². The Bertz CT molecular complexity index is 1260. The molecule has 1 amide bonds. The normalized spacial score (nSPS) is 15.8. The molecule has 1 fully saturated rings. The molecule has 4 rings (SSSR count). The molecular weight excluding hydrogens is 480 g/mol. The first-order chi connectivity index (χ1) is 16.8. The van der Waals surface area contributed by atoms with Gasteiger partial charge in [-0.2, -0.15) is 4.31 Å². The maximum atomic E-state index is 13.0. The van der Waals surface area contributed by atoms with Crippen LogP contribution in [0.4, 0.5) is 5.69 Å². The number of anilines is 1. The third-order valence-corrected chi connectivity index (χ3v) is 8.81. The van der Waals surface area contributed by atoms with Crippen LogP contribution in [0.2, 0.25) is 0 Å². The molecule has 0 spiro atoms. The number of nitrogens with zero attached hydrogens (tertiary/aromatic N) is 3. The van der Waals surface area contributed by atoms with Gasteiger partial charge < -0.3 is 5.32 Å². The van der Waals surface area contributed by atoms with E-state index in [-0.39, 0.29) is 10.8 Å². The largest absolute Gasteiger partial charge is 0.325 e. The van der Waals surface area contributed by atoms with Gasteiger partial charge in [-0.05, 0) is 57.0 Å². The van der Waals surface area contributed by atoms with Crippen molar-refractivity contribution >= 4 is 33.4 Å². The minimum Gasteiger partial charge on any atom is -0.325 e. The first-order valence-corrected chi connectivity index (χ1v) is 14.1. The number of thioether (sulfide) groups is 1. The summed E-state index contributed by atoms with van der Waals surface area (Å²) in [7, 11) is -3.52. The Balaban J connectivity index is 1.40. The van der Waals surface area contributed by atoms with Crippen LogP contribution in [-0.2, 0) is 14.8 Å². The van der Waals surface area contributed by atoms with Crippen LogP contribution in [-0.4, -0.2) is 46.9 Å². The quantitative estimate of drug-likeness (QED) is 0.350. The van der Waals surface area contributed by atoms with E-state index in [4.69, 9.17) is 0 Å². The van der Waals surface area contributed by atoms with Crippen LogP contribution in [0.3, 0.4) is 0 Å². The Morgan fingerprint density at radius 3 is 2.29 bits per heavy atom. The summed E-state index contributed by atoms with van der Waals surface area (Å²) in [6, 6.07) is 18.1. The minimum absolute atomic E-state index is 0.185. The topological polar surface area (TPSA) is 92.3 Å². The van der Waals surface area contributed by atoms with E-state index in [1.165, 1.54) is 11.8 Å². The number of carbonyl (C=O) groups excluding carboxylic acids is 1. The number of hydrogen-bond donors (Lipinski definition) is 1. The Kier molecular flexibility index (Phi) is 8.20. The molecule has 1 atom stereocenters. The number of amides is 1. The standard InChI is InChI=1S/C26H30N4O3S2/c1-19(34-25-18-24(27-20(2)28-25)21-10-6-5-7-11-21)26(31)29-22-12-14-23(15-13-22)35(32,33)30-16-8-3-4-9-17-30/h5-7,10-15,18-19H,3-4,8-9,16-17H2,1-2H3,(H,29,31). The van der Waals surface area contributed by atoms with Gasteiger partial charge in [0.15, 0.2) is 0 Å². The molecule has 1 aliphatic heterocycles. The number of aromatic nitrogens is 2. The summed E-state index contributed by atoms with van der Waals surface area (Å²) in [5.41, 5.74) is 2.36. The van der Waals surface area contributed by atoms with Crippen LogP contribution in [0.5, 0.6) is 0 Å². The van der Waals surface area contributed by atoms with Gasteiger partial charge in [-0.1, -0.05) is 54.9 Å². The molecule has 9 heteroatoms. The van der Waals surface area contributed by atoms with Gasteiger partial charge in [-0.15, -0.1) is 0 Å². The van der Waals surface area contributed by atoms with E-state index < -0.39 is 15.3 Å². The number of rotatable bonds is 7. The van der Waals surface area contributed by atoms with E-state index in [1.807, 2.05) is 50.2 Å². The molecule has 0 saturated carbocycles. The summed E-state index contributed by atoms with van der Waals surface area (Å²) >= 11 is 1.36. The van der Waals surface area contributed by atoms with Crippen LogP contribution in [0.1, 0.15) is 38.4 Å². The van der Waals surface area contributed by atoms with Crippen molar-refractivity contribution in [3.05, 3.63) is 66.5 Å². The fourth-order valence-electron chi connectivity index (χ4n) is 3.98. The predicted molar refractivity (Wildman–Crippen MR) is 140 cm³/mol. The van der Waals surface area contributed by atoms with Crippen LogP contribution in [0.25, 0.3) is 11.3 Å². The van der Waals surface area contributed by atoms with Gasteiger partial charge in [-0.25, -0.2) is 18.4 Å². The van der Waals surface area contributed by atoms with Gasteiger partial charge in [0.05, 0.1) is 15.8 Å². The zero-order valence-corrected chi connectivity index (χ0v) is 21.6. The lowest BCUT2D eigenvalue weighted by molar-refractivity contribution is -0.115. The van der Waals surface area contributed by atoms with Gasteiger partial charge in [0, 0.05) is 24.3 Å². The number of sulfonamides is 1. The van der Waals surface area contributed by atoms with Crippen molar-refractivity contribution in [1.82, 2.24) is 14.3 Å². The van der Waals surface area contributed by atoms with E-state index in [1.54, 1.807) is 28.6 Å². The lowest BCUT2D eigenvalue weighted by atomic mass is 10.1. The first-order valence-electron chi connectivity index (χ1n) is 11.8. The molecule has 1 aromatic heterocycles. The number of benzene rings is 2. The molecule has 1 saturated heterocycles. The Hall–Kier alpha value is -2.75. The van der Waals surface area contributed by atoms with Crippen molar-refractivity contribution in [3.8, 4) is 11.3 Å². The van der Waals surface area contributed by atoms with Crippen LogP contribution >= 0.6 is 11.8 Å². The Labute approximate surface area is 211 Å². The fourth-order valence-corrected chi connectivity index (χ4v) is 6.39. The average Bonchev–Trinajstić information content (AvgIpc) is 3.15. The van der Waals surface area contributed by atoms with Crippen molar-refractivity contribution in [2.75, 3.05) is 18.4 Å². The lowest BCUT2D eigenvalue weighted by Gasteiger charge is -2.20. The molecule has 0 radical (unpaired) electrons. The molecule has 2 heterocycles. The molecule has 35 heavy (non-hydrogen) atoms. The molecule has 0 aliphatic carbocycles. The van der Waals surface area contributed by atoms with Gasteiger partial charge in [-0.3, -0.25) is 4.79 Å². The summed E-state index contributed by atoms with van der Waals surface area (Å²) in [5.74, 6) is 0.457. The number of aryl methyl sites for hydroxylation is 1. The van der Waals surface area contributed by atoms with E-state index in [0.29, 0.717) is 24.6 Å². The van der Waals surface area contributed by atoms with E-state index in [2.05, 4.69) is 15.3 Å². The van der Waals surface area contributed by atoms with Crippen LogP contribution in [0.15, 0.2) is 70.6 Å². The molecule has 3 aromatic rings. The van der Waals surface area contributed by atoms with Crippen LogP contribution in [0, 0.1) is 6.92 Å². The summed E-state index contributed by atoms with van der Waals surface area (Å²) in [5, 5.41) is 3.19. The SMILES string of the molecule is Cc1nc(SC(C)C(=O)Nc2ccc(S(=O)(=O)N3CCCCCC3)cc2)cc(-c2ccccc2)n1. The van der Waals surface area contributed by atoms with Gasteiger partial charge >= 0.3 is 0 Å². The molecule has 1 aliphatic rings. The van der Waals surface area contributed by atoms with Gasteiger partial charge in [0.25, 0.3) is 0 Å². The maximum absolute atomic E-state index is 13.0. The van der Waals surface area contributed by atoms with E-state index >= 15 is 0 Å². The van der Waals surface area contributed by atoms with Crippen molar-refractivity contribution in [2.24, 2.45) is 0 Å². The first kappa shape index (κ1) is 25.3. The van der Waals surface area contributed by atoms with Crippen molar-refractivity contribution < 1.29 is 13.2 Å². The predicted octanol–water partition coefficient (Wildman–Crippen LogP) is 5.14. The second kappa shape index (κ2) is 11.3. The molecule has 1 unspecified atom stereocenters. The summed E-state index contributed by atoms with van der Waals surface area (Å²) in [4.78, 5) is 22.1. The van der Waals surface area contributed by atoms with Crippen molar-refractivity contribution in [3.63, 3.8) is 0 Å². The van der Waals surface area contributed by atoms with Crippen molar-refractivity contribution in [2.45, 2.75) is 54.7 Å². The smallest absolute Gasteiger partial charge is 0.243 e. The molecule has 7 nitrogen and oxygen atoms in total. The summed E-state index contributed by atoms with van der Waals surface area (Å²) < 4.78 is 27.5. The molecule has 1 N–H and O–H groups in total. The van der Waals surface area contributed by atoms with Crippen molar-refractivity contribution in [1.29, 1.82) is 0 Å². The third kappa shape index (κ3) is 6.48. The zero-order valence-electron chi connectivity index (χ0n) is 20.0. The molecule has 2 aromatic carbocycles. The fraction of sp³-hybridized carbons (Fsp3) is 0.346. The Morgan fingerprint density at radius 1 is 0.971 bits per heavy atom. The minimum atomic E-state index is -3.52. The highest BCUT2D eigenvalue weighted by molar-refractivity contribution is 8.00. The lowest BCUT2D eigenvalue weighted by Crippen LogP contribution is -2.31. The highest BCUT2D eigenvalue weighted by Gasteiger charge is 2.25. The summed E-state index contributed by atoms with van der Waals surface area (Å²) in [6.45, 7) is 4.77. The maximum Gasteiger partial charge on any atom is 0.243 e. The third-order valence-electron chi connectivity index (χ3n) is 5.88. The molecule has 0 bridgehead atoms. The average molecular weight is 511 g/mol. The Morgan fingerprint density at radius 2 is 1.63 bits per heavy atom. The molecular formula is C26H30N4O3S2. The second-order valence-corrected chi connectivity index (χ2v) is 11.9. The summed E-state index contributed by atoms with van der Waals surface area (Å²) in [6.07, 6.45) is 3.91. The van der Waals surface area contributed by atoms with Gasteiger partial charge in [0.2, 0.25) is 15.9 Å². The van der Waals surface area contributed by atoms with Gasteiger partial charge in [0.1, 0.15) is 10.9 Å². The number of nitrogens with one attached hydrogen (secondary N) is 1. The highest BCUT2D eigenvalue weighted by atomic mass is 32.2. The van der Waals surface area contributed by atoms with Crippen LogP contribution < -0.4 is 5.32 Å². The monoisotopic (exact) mass is 510 g/mol. The highest BCUT2D eigenvalue weighted by Crippen LogP contribution is 2.27. The number of hydrogen-bond acceptors (Lipinski definition) is 6.